The van der Waals surface area contributed by atoms with Gasteiger partial charge >= 0.3 is 0 Å². The zero-order chi connectivity index (χ0) is 18.8. The van der Waals surface area contributed by atoms with Crippen LogP contribution in [-0.4, -0.2) is 48.9 Å². The van der Waals surface area contributed by atoms with Gasteiger partial charge < -0.3 is 26.0 Å². The molecule has 0 radical (unpaired) electrons. The molecule has 2 aromatic rings. The number of aromatic nitrogens is 2. The number of halogens is 1. The molecular formula is C19H25ClN6O. The minimum atomic E-state index is -0.0203. The van der Waals surface area contributed by atoms with Crippen LogP contribution in [0, 0.1) is 6.92 Å². The predicted molar refractivity (Wildman–Crippen MR) is 108 cm³/mol. The van der Waals surface area contributed by atoms with E-state index < -0.39 is 0 Å². The van der Waals surface area contributed by atoms with Crippen molar-refractivity contribution in [2.75, 3.05) is 48.8 Å². The molecule has 27 heavy (non-hydrogen) atoms. The van der Waals surface area contributed by atoms with Gasteiger partial charge in [-0.05, 0) is 31.0 Å². The molecule has 2 saturated heterocycles. The third-order valence-corrected chi connectivity index (χ3v) is 5.33. The van der Waals surface area contributed by atoms with E-state index in [0.717, 1.165) is 60.4 Å². The smallest absolute Gasteiger partial charge is 0.222 e. The van der Waals surface area contributed by atoms with Gasteiger partial charge in [-0.2, -0.15) is 4.98 Å². The van der Waals surface area contributed by atoms with Gasteiger partial charge in [0.05, 0.1) is 18.7 Å². The Morgan fingerprint density at radius 3 is 2.85 bits per heavy atom. The molecule has 0 unspecified atom stereocenters. The molecule has 4 rings (SSSR count). The summed E-state index contributed by atoms with van der Waals surface area (Å²) in [5.74, 6) is 1.10. The molecule has 144 valence electrons. The molecule has 4 N–H and O–H groups in total. The van der Waals surface area contributed by atoms with Crippen molar-refractivity contribution in [2.45, 2.75) is 25.4 Å². The first kappa shape index (κ1) is 18.3. The summed E-state index contributed by atoms with van der Waals surface area (Å²) in [5.41, 5.74) is 8.81. The largest absolute Gasteiger partial charge is 0.380 e. The first-order valence-corrected chi connectivity index (χ1v) is 9.70. The molecule has 3 heterocycles. The number of nitrogens with two attached hydrogens (primary N) is 1. The predicted octanol–water partition coefficient (Wildman–Crippen LogP) is 2.37. The number of nitrogens with one attached hydrogen (secondary N) is 2. The molecule has 1 aromatic carbocycles. The molecule has 0 saturated carbocycles. The van der Waals surface area contributed by atoms with Crippen LogP contribution >= 0.6 is 11.6 Å². The maximum atomic E-state index is 6.68. The van der Waals surface area contributed by atoms with E-state index in [1.54, 1.807) is 0 Å². The number of anilines is 3. The third-order valence-electron chi connectivity index (χ3n) is 5.00. The summed E-state index contributed by atoms with van der Waals surface area (Å²) in [5, 5.41) is 7.48. The van der Waals surface area contributed by atoms with Gasteiger partial charge in [0, 0.05) is 48.7 Å². The van der Waals surface area contributed by atoms with Gasteiger partial charge in [0.1, 0.15) is 5.82 Å². The lowest BCUT2D eigenvalue weighted by Gasteiger charge is -2.32. The molecule has 8 heteroatoms. The van der Waals surface area contributed by atoms with Crippen LogP contribution in [-0.2, 0) is 4.74 Å². The fourth-order valence-corrected chi connectivity index (χ4v) is 3.85. The fraction of sp³-hybridized carbons (Fsp3) is 0.474. The lowest BCUT2D eigenvalue weighted by Crippen LogP contribution is -2.51. The maximum Gasteiger partial charge on any atom is 0.222 e. The first-order valence-electron chi connectivity index (χ1n) is 9.32. The van der Waals surface area contributed by atoms with E-state index in [1.165, 1.54) is 0 Å². The number of hydrogen-bond acceptors (Lipinski definition) is 7. The van der Waals surface area contributed by atoms with Crippen LogP contribution < -0.4 is 21.3 Å². The quantitative estimate of drug-likeness (QED) is 0.740. The van der Waals surface area contributed by atoms with Crippen molar-refractivity contribution in [1.29, 1.82) is 0 Å². The van der Waals surface area contributed by atoms with Crippen molar-refractivity contribution in [3.63, 3.8) is 0 Å². The molecule has 0 spiro atoms. The SMILES string of the molecule is Cc1cc(N2CCCOC[C@@H]2c2ccc(NC3CNC3)cc2Cl)nc(N)n1. The normalized spacial score (nSPS) is 20.8. The van der Waals surface area contributed by atoms with Gasteiger partial charge in [-0.15, -0.1) is 0 Å². The Hall–Kier alpha value is -2.09. The van der Waals surface area contributed by atoms with Gasteiger partial charge in [-0.3, -0.25) is 0 Å². The van der Waals surface area contributed by atoms with Crippen molar-refractivity contribution in [1.82, 2.24) is 15.3 Å². The van der Waals surface area contributed by atoms with Crippen LogP contribution in [0.5, 0.6) is 0 Å². The van der Waals surface area contributed by atoms with E-state index in [0.29, 0.717) is 12.6 Å². The molecule has 2 fully saturated rings. The zero-order valence-corrected chi connectivity index (χ0v) is 16.2. The number of benzene rings is 1. The van der Waals surface area contributed by atoms with Gasteiger partial charge in [0.15, 0.2) is 0 Å². The molecule has 2 aliphatic heterocycles. The van der Waals surface area contributed by atoms with Crippen molar-refractivity contribution in [2.24, 2.45) is 0 Å². The highest BCUT2D eigenvalue weighted by Crippen LogP contribution is 2.34. The molecule has 1 aromatic heterocycles. The van der Waals surface area contributed by atoms with Crippen LogP contribution in [0.2, 0.25) is 5.02 Å². The molecule has 0 bridgehead atoms. The Morgan fingerprint density at radius 1 is 1.30 bits per heavy atom. The average molecular weight is 389 g/mol. The van der Waals surface area contributed by atoms with Crippen molar-refractivity contribution < 1.29 is 4.74 Å². The minimum Gasteiger partial charge on any atom is -0.380 e. The lowest BCUT2D eigenvalue weighted by molar-refractivity contribution is 0.134. The highest BCUT2D eigenvalue weighted by atomic mass is 35.5. The Bertz CT molecular complexity index is 793. The number of nitrogens with zero attached hydrogens (tertiary/aromatic N) is 3. The van der Waals surface area contributed by atoms with Crippen LogP contribution in [0.15, 0.2) is 24.3 Å². The van der Waals surface area contributed by atoms with Crippen LogP contribution in [0.4, 0.5) is 17.5 Å². The second-order valence-electron chi connectivity index (χ2n) is 7.10. The number of aryl methyl sites for hydroxylation is 1. The summed E-state index contributed by atoms with van der Waals surface area (Å²) >= 11 is 6.68. The van der Waals surface area contributed by atoms with E-state index in [1.807, 2.05) is 19.1 Å². The molecule has 1 atom stereocenters. The van der Waals surface area contributed by atoms with E-state index in [4.69, 9.17) is 22.1 Å². The summed E-state index contributed by atoms with van der Waals surface area (Å²) in [4.78, 5) is 10.9. The Balaban J connectivity index is 1.63. The number of nitrogen functional groups attached to an aromatic ring is 1. The number of rotatable bonds is 4. The summed E-state index contributed by atoms with van der Waals surface area (Å²) in [7, 11) is 0. The van der Waals surface area contributed by atoms with E-state index in [2.05, 4.69) is 37.6 Å². The van der Waals surface area contributed by atoms with Crippen molar-refractivity contribution in [3.05, 3.63) is 40.5 Å². The van der Waals surface area contributed by atoms with Gasteiger partial charge in [0.2, 0.25) is 5.95 Å². The molecule has 7 nitrogen and oxygen atoms in total. The Kier molecular flexibility index (Phi) is 5.33. The maximum absolute atomic E-state index is 6.68. The van der Waals surface area contributed by atoms with Gasteiger partial charge in [-0.25, -0.2) is 4.98 Å². The average Bonchev–Trinajstić information content (AvgIpc) is 2.83. The van der Waals surface area contributed by atoms with Crippen molar-refractivity contribution >= 4 is 29.1 Å². The highest BCUT2D eigenvalue weighted by Gasteiger charge is 2.27. The fourth-order valence-electron chi connectivity index (χ4n) is 3.54. The van der Waals surface area contributed by atoms with Crippen molar-refractivity contribution in [3.8, 4) is 0 Å². The topological polar surface area (TPSA) is 88.3 Å². The standard InChI is InChI=1S/C19H25ClN6O/c1-12-7-18(25-19(21)23-12)26-5-2-6-27-11-17(26)15-4-3-13(8-16(15)20)24-14-9-22-10-14/h3-4,7-8,14,17,22,24H,2,5-6,9-11H2,1H3,(H2,21,23,25)/t17-/m1/s1. The van der Waals surface area contributed by atoms with E-state index in [-0.39, 0.29) is 12.0 Å². The Labute approximate surface area is 164 Å². The van der Waals surface area contributed by atoms with Crippen LogP contribution in [0.25, 0.3) is 0 Å². The lowest BCUT2D eigenvalue weighted by atomic mass is 10.0. The highest BCUT2D eigenvalue weighted by molar-refractivity contribution is 6.31. The first-order chi connectivity index (χ1) is 13.1. The minimum absolute atomic E-state index is 0.0203. The number of ether oxygens (including phenoxy) is 1. The third kappa shape index (κ3) is 4.10. The second kappa shape index (κ2) is 7.88. The monoisotopic (exact) mass is 388 g/mol. The van der Waals surface area contributed by atoms with Gasteiger partial charge in [-0.1, -0.05) is 17.7 Å². The molecule has 2 aliphatic rings. The summed E-state index contributed by atoms with van der Waals surface area (Å²) in [6.07, 6.45) is 0.922. The number of hydrogen-bond donors (Lipinski definition) is 3. The van der Waals surface area contributed by atoms with Gasteiger partial charge in [0.25, 0.3) is 0 Å². The van der Waals surface area contributed by atoms with E-state index in [9.17, 15) is 0 Å². The summed E-state index contributed by atoms with van der Waals surface area (Å²) in [6, 6.07) is 8.58. The summed E-state index contributed by atoms with van der Waals surface area (Å²) in [6.45, 7) is 5.99. The van der Waals surface area contributed by atoms with Crippen LogP contribution in [0.1, 0.15) is 23.7 Å². The zero-order valence-electron chi connectivity index (χ0n) is 15.4. The van der Waals surface area contributed by atoms with E-state index >= 15 is 0 Å². The summed E-state index contributed by atoms with van der Waals surface area (Å²) < 4.78 is 5.85. The Morgan fingerprint density at radius 2 is 2.15 bits per heavy atom. The second-order valence-corrected chi connectivity index (χ2v) is 7.51. The van der Waals surface area contributed by atoms with Crippen LogP contribution in [0.3, 0.4) is 0 Å². The molecular weight excluding hydrogens is 364 g/mol. The molecule has 0 aliphatic carbocycles. The molecule has 0 amide bonds.